The van der Waals surface area contributed by atoms with Crippen molar-refractivity contribution in [3.05, 3.63) is 36.4 Å². The lowest BCUT2D eigenvalue weighted by molar-refractivity contribution is 0.311. The van der Waals surface area contributed by atoms with E-state index in [0.717, 1.165) is 11.3 Å². The molecule has 0 spiro atoms. The molecule has 5 heteroatoms. The maximum absolute atomic E-state index is 9.96. The molecule has 19 heavy (non-hydrogen) atoms. The number of phenolic OH excluding ortho intramolecular Hbond substituents is 1. The van der Waals surface area contributed by atoms with Gasteiger partial charge in [0.1, 0.15) is 5.75 Å². The van der Waals surface area contributed by atoms with Gasteiger partial charge in [-0.2, -0.15) is 0 Å². The zero-order valence-electron chi connectivity index (χ0n) is 10.4. The van der Waals surface area contributed by atoms with Crippen LogP contribution in [0.1, 0.15) is 0 Å². The second-order valence-electron chi connectivity index (χ2n) is 4.23. The predicted octanol–water partition coefficient (Wildman–Crippen LogP) is 1.63. The van der Waals surface area contributed by atoms with Crippen molar-refractivity contribution < 1.29 is 10.2 Å². The lowest BCUT2D eigenvalue weighted by Gasteiger charge is -2.14. The summed E-state index contributed by atoms with van der Waals surface area (Å²) in [5.74, 6) is 0.131. The Hall–Kier alpha value is -2.40. The quantitative estimate of drug-likeness (QED) is 0.424. The first-order chi connectivity index (χ1) is 9.11. The average molecular weight is 259 g/mol. The fourth-order valence-electron chi connectivity index (χ4n) is 1.90. The third-order valence-electron chi connectivity index (χ3n) is 2.78. The van der Waals surface area contributed by atoms with Gasteiger partial charge in [-0.3, -0.25) is 0 Å². The summed E-state index contributed by atoms with van der Waals surface area (Å²) in [7, 11) is 0. The molecule has 7 N–H and O–H groups in total. The maximum Gasteiger partial charge on any atom is 0.123 e. The minimum atomic E-state index is 0.0206. The van der Waals surface area contributed by atoms with Gasteiger partial charge >= 0.3 is 0 Å². The molecule has 0 heterocycles. The first-order valence-corrected chi connectivity index (χ1v) is 5.95. The van der Waals surface area contributed by atoms with Crippen LogP contribution in [0.15, 0.2) is 36.4 Å². The lowest BCUT2D eigenvalue weighted by atomic mass is 10.0. The Morgan fingerprint density at radius 2 is 1.58 bits per heavy atom. The van der Waals surface area contributed by atoms with Crippen LogP contribution in [0.2, 0.25) is 0 Å². The first-order valence-electron chi connectivity index (χ1n) is 5.95. The lowest BCUT2D eigenvalue weighted by Crippen LogP contribution is -2.06. The number of aliphatic hydroxyl groups is 1. The Balaban J connectivity index is 2.52. The van der Waals surface area contributed by atoms with E-state index in [4.69, 9.17) is 16.6 Å². The summed E-state index contributed by atoms with van der Waals surface area (Å²) < 4.78 is 0. The van der Waals surface area contributed by atoms with Crippen molar-refractivity contribution in [3.63, 3.8) is 0 Å². The van der Waals surface area contributed by atoms with Crippen LogP contribution in [0.3, 0.4) is 0 Å². The largest absolute Gasteiger partial charge is 0.507 e. The van der Waals surface area contributed by atoms with Crippen LogP contribution in [0.4, 0.5) is 17.1 Å². The van der Waals surface area contributed by atoms with Gasteiger partial charge in [-0.15, -0.1) is 0 Å². The molecule has 2 aromatic rings. The fraction of sp³-hybridized carbons (Fsp3) is 0.143. The van der Waals surface area contributed by atoms with E-state index in [9.17, 15) is 5.11 Å². The van der Waals surface area contributed by atoms with Crippen LogP contribution < -0.4 is 16.8 Å². The average Bonchev–Trinajstić information content (AvgIpc) is 2.40. The van der Waals surface area contributed by atoms with E-state index in [1.165, 1.54) is 0 Å². The van der Waals surface area contributed by atoms with Crippen molar-refractivity contribution in [1.82, 2.24) is 0 Å². The number of aliphatic hydroxyl groups excluding tert-OH is 1. The van der Waals surface area contributed by atoms with Crippen LogP contribution >= 0.6 is 0 Å². The number of phenols is 1. The number of nitrogen functional groups attached to an aromatic ring is 2. The van der Waals surface area contributed by atoms with Crippen molar-refractivity contribution in [2.45, 2.75) is 0 Å². The third-order valence-corrected chi connectivity index (χ3v) is 2.78. The molecule has 0 amide bonds. The Morgan fingerprint density at radius 3 is 2.26 bits per heavy atom. The van der Waals surface area contributed by atoms with Crippen LogP contribution in [-0.2, 0) is 0 Å². The SMILES string of the molecule is Nc1ccc(O)c(-c2cc(N)ccc2NCCO)c1. The number of benzene rings is 2. The Kier molecular flexibility index (Phi) is 3.77. The molecule has 0 unspecified atom stereocenters. The molecule has 0 atom stereocenters. The summed E-state index contributed by atoms with van der Waals surface area (Å²) in [4.78, 5) is 0. The number of aromatic hydroxyl groups is 1. The molecule has 2 aromatic carbocycles. The van der Waals surface area contributed by atoms with Gasteiger partial charge in [0.2, 0.25) is 0 Å². The van der Waals surface area contributed by atoms with E-state index in [1.807, 2.05) is 6.07 Å². The zero-order valence-corrected chi connectivity index (χ0v) is 10.4. The van der Waals surface area contributed by atoms with Gasteiger partial charge in [-0.25, -0.2) is 0 Å². The maximum atomic E-state index is 9.96. The molecular formula is C14H17N3O2. The Morgan fingerprint density at radius 1 is 0.947 bits per heavy atom. The number of hydrogen-bond acceptors (Lipinski definition) is 5. The monoisotopic (exact) mass is 259 g/mol. The number of anilines is 3. The highest BCUT2D eigenvalue weighted by atomic mass is 16.3. The molecule has 0 fully saturated rings. The molecule has 100 valence electrons. The van der Waals surface area contributed by atoms with Crippen molar-refractivity contribution in [2.75, 3.05) is 29.9 Å². The first kappa shape index (κ1) is 13.0. The van der Waals surface area contributed by atoms with Gasteiger partial charge in [-0.1, -0.05) is 0 Å². The molecule has 2 rings (SSSR count). The Bertz CT molecular complexity index is 585. The highest BCUT2D eigenvalue weighted by molar-refractivity contribution is 5.85. The van der Waals surface area contributed by atoms with Crippen LogP contribution in [0.5, 0.6) is 5.75 Å². The Labute approximate surface area is 111 Å². The second-order valence-corrected chi connectivity index (χ2v) is 4.23. The molecule has 0 saturated carbocycles. The molecule has 0 aliphatic heterocycles. The van der Waals surface area contributed by atoms with Crippen molar-refractivity contribution >= 4 is 17.1 Å². The topological polar surface area (TPSA) is 105 Å². The van der Waals surface area contributed by atoms with Gasteiger partial charge in [-0.05, 0) is 36.4 Å². The highest BCUT2D eigenvalue weighted by Crippen LogP contribution is 2.36. The molecule has 5 nitrogen and oxygen atoms in total. The summed E-state index contributed by atoms with van der Waals surface area (Å²) in [6, 6.07) is 10.2. The molecule has 0 bridgehead atoms. The summed E-state index contributed by atoms with van der Waals surface area (Å²) >= 11 is 0. The highest BCUT2D eigenvalue weighted by Gasteiger charge is 2.10. The van der Waals surface area contributed by atoms with E-state index in [0.29, 0.717) is 23.5 Å². The molecular weight excluding hydrogens is 242 g/mol. The van der Waals surface area contributed by atoms with E-state index < -0.39 is 0 Å². The van der Waals surface area contributed by atoms with E-state index in [1.54, 1.807) is 30.3 Å². The zero-order chi connectivity index (χ0) is 13.8. The van der Waals surface area contributed by atoms with Crippen molar-refractivity contribution in [2.24, 2.45) is 0 Å². The van der Waals surface area contributed by atoms with Crippen LogP contribution in [-0.4, -0.2) is 23.4 Å². The summed E-state index contributed by atoms with van der Waals surface area (Å²) in [6.45, 7) is 0.437. The second kappa shape index (κ2) is 5.49. The number of rotatable bonds is 4. The minimum Gasteiger partial charge on any atom is -0.507 e. The smallest absolute Gasteiger partial charge is 0.123 e. The van der Waals surface area contributed by atoms with E-state index >= 15 is 0 Å². The fourth-order valence-corrected chi connectivity index (χ4v) is 1.90. The van der Waals surface area contributed by atoms with Crippen LogP contribution in [0, 0.1) is 0 Å². The molecule has 0 aliphatic rings. The molecule has 0 aromatic heterocycles. The molecule has 0 aliphatic carbocycles. The minimum absolute atomic E-state index is 0.0206. The van der Waals surface area contributed by atoms with Gasteiger partial charge in [0, 0.05) is 34.7 Å². The van der Waals surface area contributed by atoms with Crippen LogP contribution in [0.25, 0.3) is 11.1 Å². The van der Waals surface area contributed by atoms with Crippen molar-refractivity contribution in [1.29, 1.82) is 0 Å². The van der Waals surface area contributed by atoms with E-state index in [-0.39, 0.29) is 12.4 Å². The predicted molar refractivity (Wildman–Crippen MR) is 77.9 cm³/mol. The van der Waals surface area contributed by atoms with Crippen molar-refractivity contribution in [3.8, 4) is 16.9 Å². The molecule has 0 radical (unpaired) electrons. The number of nitrogens with one attached hydrogen (secondary N) is 1. The number of hydrogen-bond donors (Lipinski definition) is 5. The summed E-state index contributed by atoms with van der Waals surface area (Å²) in [5.41, 5.74) is 14.8. The summed E-state index contributed by atoms with van der Waals surface area (Å²) in [5, 5.41) is 21.9. The standard InChI is InChI=1S/C14H17N3O2/c15-9-1-3-13(17-5-6-18)11(7-9)12-8-10(16)2-4-14(12)19/h1-4,7-8,17-19H,5-6,15-16H2. The summed E-state index contributed by atoms with van der Waals surface area (Å²) in [6.07, 6.45) is 0. The third kappa shape index (κ3) is 2.89. The number of nitrogens with two attached hydrogens (primary N) is 2. The van der Waals surface area contributed by atoms with Gasteiger partial charge in [0.25, 0.3) is 0 Å². The normalized spacial score (nSPS) is 10.4. The molecule has 0 saturated heterocycles. The van der Waals surface area contributed by atoms with Gasteiger partial charge < -0.3 is 27.0 Å². The van der Waals surface area contributed by atoms with Gasteiger partial charge in [0.15, 0.2) is 0 Å². The van der Waals surface area contributed by atoms with Gasteiger partial charge in [0.05, 0.1) is 6.61 Å². The van der Waals surface area contributed by atoms with E-state index in [2.05, 4.69) is 5.32 Å².